The third kappa shape index (κ3) is 6.03. The van der Waals surface area contributed by atoms with Crippen LogP contribution in [-0.4, -0.2) is 17.5 Å². The van der Waals surface area contributed by atoms with Crippen LogP contribution in [0.15, 0.2) is 18.2 Å². The summed E-state index contributed by atoms with van der Waals surface area (Å²) in [5, 5.41) is 0. The van der Waals surface area contributed by atoms with Crippen LogP contribution in [0.1, 0.15) is 19.4 Å². The molecule has 0 spiro atoms. The average molecular weight is 259 g/mol. The minimum Gasteiger partial charge on any atom is -0.327 e. The fourth-order valence-corrected chi connectivity index (χ4v) is 2.57. The maximum Gasteiger partial charge on any atom is 0.126 e. The van der Waals surface area contributed by atoms with Crippen LogP contribution in [0.4, 0.5) is 8.78 Å². The maximum atomic E-state index is 13.0. The molecule has 1 aromatic carbocycles. The maximum absolute atomic E-state index is 13.0. The van der Waals surface area contributed by atoms with E-state index in [4.69, 9.17) is 5.73 Å². The summed E-state index contributed by atoms with van der Waals surface area (Å²) < 4.78 is 25.9. The van der Waals surface area contributed by atoms with Crippen molar-refractivity contribution in [1.29, 1.82) is 0 Å². The molecule has 1 aromatic rings. The first-order valence-corrected chi connectivity index (χ1v) is 6.91. The first-order chi connectivity index (χ1) is 7.97. The predicted octanol–water partition coefficient (Wildman–Crippen LogP) is 3.22. The standard InChI is InChI=1S/C13H19F2NS/c1-9(2)7-17-8-13(16)5-10-3-11(14)6-12(15)4-10/h3-4,6,9,13H,5,7-8,16H2,1-2H3. The van der Waals surface area contributed by atoms with Gasteiger partial charge in [0, 0.05) is 17.9 Å². The van der Waals surface area contributed by atoms with E-state index in [9.17, 15) is 8.78 Å². The van der Waals surface area contributed by atoms with Crippen molar-refractivity contribution in [2.75, 3.05) is 11.5 Å². The number of rotatable bonds is 6. The topological polar surface area (TPSA) is 26.0 Å². The Balaban J connectivity index is 2.42. The van der Waals surface area contributed by atoms with Gasteiger partial charge < -0.3 is 5.73 Å². The number of hydrogen-bond donors (Lipinski definition) is 1. The second kappa shape index (κ2) is 6.97. The Labute approximate surface area is 106 Å². The van der Waals surface area contributed by atoms with Gasteiger partial charge in [-0.2, -0.15) is 11.8 Å². The van der Waals surface area contributed by atoms with Crippen molar-refractivity contribution in [1.82, 2.24) is 0 Å². The molecule has 0 fully saturated rings. The molecule has 0 aliphatic heterocycles. The van der Waals surface area contributed by atoms with Crippen molar-refractivity contribution in [3.8, 4) is 0 Å². The summed E-state index contributed by atoms with van der Waals surface area (Å²) in [5.41, 5.74) is 6.55. The highest BCUT2D eigenvalue weighted by Crippen LogP contribution is 2.13. The van der Waals surface area contributed by atoms with Crippen molar-refractivity contribution in [3.05, 3.63) is 35.4 Å². The lowest BCUT2D eigenvalue weighted by Gasteiger charge is -2.12. The molecule has 0 bridgehead atoms. The molecule has 1 nitrogen and oxygen atoms in total. The van der Waals surface area contributed by atoms with Gasteiger partial charge in [-0.1, -0.05) is 13.8 Å². The van der Waals surface area contributed by atoms with Gasteiger partial charge in [-0.3, -0.25) is 0 Å². The molecule has 0 aliphatic rings. The van der Waals surface area contributed by atoms with Crippen LogP contribution in [0.25, 0.3) is 0 Å². The largest absolute Gasteiger partial charge is 0.327 e. The first-order valence-electron chi connectivity index (χ1n) is 5.75. The van der Waals surface area contributed by atoms with E-state index in [-0.39, 0.29) is 6.04 Å². The van der Waals surface area contributed by atoms with Crippen molar-refractivity contribution in [2.24, 2.45) is 11.7 Å². The van der Waals surface area contributed by atoms with Crippen molar-refractivity contribution >= 4 is 11.8 Å². The molecule has 1 rings (SSSR count). The van der Waals surface area contributed by atoms with Crippen molar-refractivity contribution in [2.45, 2.75) is 26.3 Å². The number of benzene rings is 1. The molecule has 0 heterocycles. The molecule has 0 aliphatic carbocycles. The predicted molar refractivity (Wildman–Crippen MR) is 70.2 cm³/mol. The number of hydrogen-bond acceptors (Lipinski definition) is 2. The summed E-state index contributed by atoms with van der Waals surface area (Å²) in [5.74, 6) is 1.43. The molecule has 0 saturated heterocycles. The van der Waals surface area contributed by atoms with Gasteiger partial charge in [-0.15, -0.1) is 0 Å². The summed E-state index contributed by atoms with van der Waals surface area (Å²) in [4.78, 5) is 0. The molecule has 2 N–H and O–H groups in total. The summed E-state index contributed by atoms with van der Waals surface area (Å²) in [6.07, 6.45) is 0.514. The number of nitrogens with two attached hydrogens (primary N) is 1. The van der Waals surface area contributed by atoms with Gasteiger partial charge >= 0.3 is 0 Å². The normalized spacial score (nSPS) is 13.1. The molecular weight excluding hydrogens is 240 g/mol. The molecule has 4 heteroatoms. The summed E-state index contributed by atoms with van der Waals surface area (Å²) >= 11 is 1.78. The monoisotopic (exact) mass is 259 g/mol. The Bertz CT molecular complexity index is 335. The Kier molecular flexibility index (Phi) is 5.92. The lowest BCUT2D eigenvalue weighted by atomic mass is 10.1. The Morgan fingerprint density at radius 2 is 1.71 bits per heavy atom. The molecule has 1 unspecified atom stereocenters. The fourth-order valence-electron chi connectivity index (χ4n) is 1.55. The first kappa shape index (κ1) is 14.5. The molecule has 96 valence electrons. The van der Waals surface area contributed by atoms with E-state index in [0.717, 1.165) is 17.6 Å². The van der Waals surface area contributed by atoms with Gasteiger partial charge in [0.25, 0.3) is 0 Å². The average Bonchev–Trinajstić information content (AvgIpc) is 2.14. The van der Waals surface area contributed by atoms with Crippen molar-refractivity contribution < 1.29 is 8.78 Å². The van der Waals surface area contributed by atoms with Crippen LogP contribution < -0.4 is 5.73 Å². The second-order valence-corrected chi connectivity index (χ2v) is 5.75. The zero-order valence-electron chi connectivity index (χ0n) is 10.2. The second-order valence-electron chi connectivity index (χ2n) is 4.67. The summed E-state index contributed by atoms with van der Waals surface area (Å²) in [6, 6.07) is 3.51. The van der Waals surface area contributed by atoms with Crippen LogP contribution in [-0.2, 0) is 6.42 Å². The molecular formula is C13H19F2NS. The van der Waals surface area contributed by atoms with Crippen LogP contribution in [0.2, 0.25) is 0 Å². The lowest BCUT2D eigenvalue weighted by Crippen LogP contribution is -2.26. The zero-order chi connectivity index (χ0) is 12.8. The molecule has 0 saturated carbocycles. The quantitative estimate of drug-likeness (QED) is 0.849. The third-order valence-corrected chi connectivity index (χ3v) is 3.77. The minimum atomic E-state index is -0.540. The van der Waals surface area contributed by atoms with E-state index < -0.39 is 11.6 Å². The highest BCUT2D eigenvalue weighted by atomic mass is 32.2. The zero-order valence-corrected chi connectivity index (χ0v) is 11.1. The van der Waals surface area contributed by atoms with Gasteiger partial charge in [0.1, 0.15) is 11.6 Å². The smallest absolute Gasteiger partial charge is 0.126 e. The van der Waals surface area contributed by atoms with Crippen LogP contribution in [0, 0.1) is 17.6 Å². The van der Waals surface area contributed by atoms with Gasteiger partial charge in [0.2, 0.25) is 0 Å². The van der Waals surface area contributed by atoms with E-state index in [2.05, 4.69) is 13.8 Å². The SMILES string of the molecule is CC(C)CSCC(N)Cc1cc(F)cc(F)c1. The molecule has 0 aromatic heterocycles. The minimum absolute atomic E-state index is 0.0556. The Morgan fingerprint density at radius 3 is 2.24 bits per heavy atom. The molecule has 1 atom stereocenters. The van der Waals surface area contributed by atoms with E-state index in [1.807, 2.05) is 0 Å². The molecule has 0 amide bonds. The van der Waals surface area contributed by atoms with E-state index in [0.29, 0.717) is 17.9 Å². The van der Waals surface area contributed by atoms with Crippen LogP contribution in [0.5, 0.6) is 0 Å². The van der Waals surface area contributed by atoms with Gasteiger partial charge in [-0.05, 0) is 35.8 Å². The van der Waals surface area contributed by atoms with Gasteiger partial charge in [0.05, 0.1) is 0 Å². The Morgan fingerprint density at radius 1 is 1.12 bits per heavy atom. The van der Waals surface area contributed by atoms with Crippen LogP contribution in [0.3, 0.4) is 0 Å². The fraction of sp³-hybridized carbons (Fsp3) is 0.538. The lowest BCUT2D eigenvalue weighted by molar-refractivity contribution is 0.577. The highest BCUT2D eigenvalue weighted by molar-refractivity contribution is 7.99. The van der Waals surface area contributed by atoms with Crippen molar-refractivity contribution in [3.63, 3.8) is 0 Å². The number of thioether (sulfide) groups is 1. The molecule has 17 heavy (non-hydrogen) atoms. The van der Waals surface area contributed by atoms with E-state index in [1.165, 1.54) is 12.1 Å². The molecule has 0 radical (unpaired) electrons. The van der Waals surface area contributed by atoms with Crippen LogP contribution >= 0.6 is 11.8 Å². The van der Waals surface area contributed by atoms with Gasteiger partial charge in [-0.25, -0.2) is 8.78 Å². The van der Waals surface area contributed by atoms with Gasteiger partial charge in [0.15, 0.2) is 0 Å². The number of halogens is 2. The third-order valence-electron chi connectivity index (χ3n) is 2.20. The van der Waals surface area contributed by atoms with E-state index in [1.54, 1.807) is 11.8 Å². The summed E-state index contributed by atoms with van der Waals surface area (Å²) in [6.45, 7) is 4.31. The Hall–Kier alpha value is -0.610. The highest BCUT2D eigenvalue weighted by Gasteiger charge is 2.07. The summed E-state index contributed by atoms with van der Waals surface area (Å²) in [7, 11) is 0. The van der Waals surface area contributed by atoms with E-state index >= 15 is 0 Å².